The van der Waals surface area contributed by atoms with Crippen LogP contribution >= 0.6 is 0 Å². The number of alkyl halides is 6. The predicted molar refractivity (Wildman–Crippen MR) is 147 cm³/mol. The Morgan fingerprint density at radius 1 is 0.935 bits per heavy atom. The maximum atomic E-state index is 14.9. The smallest absolute Gasteiger partial charge is 0.290 e. The summed E-state index contributed by atoms with van der Waals surface area (Å²) in [6.45, 7) is -0.760. The van der Waals surface area contributed by atoms with E-state index in [0.29, 0.717) is 28.3 Å². The summed E-state index contributed by atoms with van der Waals surface area (Å²) in [6.07, 6.45) is -5.55. The summed E-state index contributed by atoms with van der Waals surface area (Å²) in [5.74, 6) is -11.8. The molecular formula is C32H24F8N4O2. The van der Waals surface area contributed by atoms with Gasteiger partial charge in [0.25, 0.3) is 24.2 Å². The third-order valence-corrected chi connectivity index (χ3v) is 8.18. The van der Waals surface area contributed by atoms with Crippen molar-refractivity contribution in [2.75, 3.05) is 0 Å². The fraction of sp³-hybridized carbons (Fsp3) is 0.312. The van der Waals surface area contributed by atoms with Gasteiger partial charge in [0.2, 0.25) is 0 Å². The Morgan fingerprint density at radius 2 is 1.65 bits per heavy atom. The van der Waals surface area contributed by atoms with Crippen LogP contribution in [0.1, 0.15) is 75.7 Å². The Bertz CT molecular complexity index is 1840. The molecule has 0 radical (unpaired) electrons. The first-order valence-corrected chi connectivity index (χ1v) is 14.2. The molecule has 14 heteroatoms. The van der Waals surface area contributed by atoms with Crippen LogP contribution in [0.25, 0.3) is 11.1 Å². The highest BCUT2D eigenvalue weighted by molar-refractivity contribution is 5.99. The first-order valence-electron chi connectivity index (χ1n) is 14.2. The minimum Gasteiger partial charge on any atom is -0.348 e. The van der Waals surface area contributed by atoms with Crippen LogP contribution in [0.5, 0.6) is 0 Å². The van der Waals surface area contributed by atoms with Crippen molar-refractivity contribution in [3.8, 4) is 11.1 Å². The molecule has 0 spiro atoms. The number of carbonyl (C=O) groups excluding carboxylic acids is 2. The Labute approximate surface area is 256 Å². The SMILES string of the molecule is O=C(C[C@@H](Cc1cc(F)cc(F)c1)c1ncccc1-c1ccc2c(c1)CNC2=O)Cn1nc(C(F)F)c2c1C(F)(F)CCC2(F)F. The van der Waals surface area contributed by atoms with E-state index < -0.39 is 84.4 Å². The zero-order valence-electron chi connectivity index (χ0n) is 23.8. The molecule has 0 saturated carbocycles. The van der Waals surface area contributed by atoms with Crippen LogP contribution in [-0.2, 0) is 36.1 Å². The molecule has 0 unspecified atom stereocenters. The lowest BCUT2D eigenvalue weighted by Gasteiger charge is -2.29. The van der Waals surface area contributed by atoms with Gasteiger partial charge in [-0.15, -0.1) is 0 Å². The monoisotopic (exact) mass is 648 g/mol. The van der Waals surface area contributed by atoms with Gasteiger partial charge in [-0.2, -0.15) is 13.9 Å². The van der Waals surface area contributed by atoms with Crippen molar-refractivity contribution < 1.29 is 44.7 Å². The molecule has 3 heterocycles. The first-order chi connectivity index (χ1) is 21.7. The number of amides is 1. The summed E-state index contributed by atoms with van der Waals surface area (Å²) in [5.41, 5.74) is -1.82. The molecular weight excluding hydrogens is 624 g/mol. The van der Waals surface area contributed by atoms with E-state index in [0.717, 1.165) is 12.1 Å². The quantitative estimate of drug-likeness (QED) is 0.193. The van der Waals surface area contributed by atoms with E-state index in [1.807, 2.05) is 0 Å². The summed E-state index contributed by atoms with van der Waals surface area (Å²) in [6, 6.07) is 11.1. The molecule has 0 saturated heterocycles. The molecule has 46 heavy (non-hydrogen) atoms. The number of nitrogens with zero attached hydrogens (tertiary/aromatic N) is 3. The van der Waals surface area contributed by atoms with Crippen molar-refractivity contribution in [3.05, 3.63) is 106 Å². The highest BCUT2D eigenvalue weighted by Crippen LogP contribution is 2.52. The van der Waals surface area contributed by atoms with Crippen molar-refractivity contribution in [3.63, 3.8) is 0 Å². The number of ketones is 1. The van der Waals surface area contributed by atoms with Gasteiger partial charge in [-0.1, -0.05) is 12.1 Å². The van der Waals surface area contributed by atoms with Crippen LogP contribution in [0.4, 0.5) is 35.1 Å². The average molecular weight is 649 g/mol. The largest absolute Gasteiger partial charge is 0.348 e. The highest BCUT2D eigenvalue weighted by atomic mass is 19.3. The van der Waals surface area contributed by atoms with Crippen molar-refractivity contribution in [2.24, 2.45) is 0 Å². The molecule has 2 aliphatic rings. The van der Waals surface area contributed by atoms with Gasteiger partial charge < -0.3 is 5.32 Å². The maximum Gasteiger partial charge on any atom is 0.290 e. The minimum absolute atomic E-state index is 0.137. The van der Waals surface area contributed by atoms with Crippen LogP contribution in [0.15, 0.2) is 54.7 Å². The third kappa shape index (κ3) is 5.87. The lowest BCUT2D eigenvalue weighted by atomic mass is 9.86. The number of rotatable bonds is 9. The zero-order chi connectivity index (χ0) is 33.0. The minimum atomic E-state index is -4.01. The second-order valence-electron chi connectivity index (χ2n) is 11.4. The Hall–Kier alpha value is -4.62. The van der Waals surface area contributed by atoms with Gasteiger partial charge in [-0.05, 0) is 53.4 Å². The van der Waals surface area contributed by atoms with Crippen molar-refractivity contribution in [1.29, 1.82) is 0 Å². The normalized spacial score (nSPS) is 17.0. The van der Waals surface area contributed by atoms with Gasteiger partial charge in [-0.25, -0.2) is 26.3 Å². The molecule has 2 aromatic heterocycles. The van der Waals surface area contributed by atoms with E-state index in [4.69, 9.17) is 0 Å². The standard InChI is InChI=1S/C32H24F8N4O2/c33-20-9-16(10-21(34)13-20)8-18(26-23(2-1-7-41-26)17-3-4-24-19(11-17)14-42-30(24)46)12-22(45)15-44-28-25(27(43-44)29(35)36)31(37,38)5-6-32(28,39)40/h1-4,7,9-11,13,18,29H,5-6,8,12,14-15H2,(H,42,46)/t18-/m1/s1. The van der Waals surface area contributed by atoms with Crippen molar-refractivity contribution >= 4 is 11.7 Å². The number of hydrogen-bond acceptors (Lipinski definition) is 4. The molecule has 0 bridgehead atoms. The highest BCUT2D eigenvalue weighted by Gasteiger charge is 2.55. The molecule has 4 aromatic rings. The second-order valence-corrected chi connectivity index (χ2v) is 11.4. The fourth-order valence-electron chi connectivity index (χ4n) is 6.21. The molecule has 6 nitrogen and oxygen atoms in total. The number of Topliss-reactive ketones (excluding diaryl/α,β-unsaturated/α-hetero) is 1. The van der Waals surface area contributed by atoms with E-state index in [2.05, 4.69) is 15.4 Å². The Balaban J connectivity index is 1.39. The first kappa shape index (κ1) is 31.4. The summed E-state index contributed by atoms with van der Waals surface area (Å²) in [5, 5.41) is 6.06. The number of nitrogens with one attached hydrogen (secondary N) is 1. The number of hydrogen-bond donors (Lipinski definition) is 1. The lowest BCUT2D eigenvalue weighted by Crippen LogP contribution is -2.33. The van der Waals surface area contributed by atoms with Crippen LogP contribution in [0.3, 0.4) is 0 Å². The summed E-state index contributed by atoms with van der Waals surface area (Å²) < 4.78 is 115. The molecule has 1 N–H and O–H groups in total. The molecule has 1 aliphatic carbocycles. The van der Waals surface area contributed by atoms with Gasteiger partial charge in [0.15, 0.2) is 5.78 Å². The van der Waals surface area contributed by atoms with Crippen LogP contribution in [0.2, 0.25) is 0 Å². The average Bonchev–Trinajstić information content (AvgIpc) is 3.56. The number of carbonyl (C=O) groups is 2. The number of benzene rings is 2. The number of aromatic nitrogens is 3. The fourth-order valence-corrected chi connectivity index (χ4v) is 6.21. The molecule has 1 amide bonds. The molecule has 240 valence electrons. The Kier molecular flexibility index (Phi) is 7.93. The number of halogens is 8. The van der Waals surface area contributed by atoms with Gasteiger partial charge in [0.05, 0.1) is 11.3 Å². The molecule has 0 fully saturated rings. The van der Waals surface area contributed by atoms with E-state index in [1.54, 1.807) is 30.3 Å². The summed E-state index contributed by atoms with van der Waals surface area (Å²) in [4.78, 5) is 30.0. The van der Waals surface area contributed by atoms with E-state index in [1.165, 1.54) is 6.20 Å². The van der Waals surface area contributed by atoms with Crippen LogP contribution in [-0.4, -0.2) is 26.5 Å². The topological polar surface area (TPSA) is 76.9 Å². The summed E-state index contributed by atoms with van der Waals surface area (Å²) >= 11 is 0. The van der Waals surface area contributed by atoms with Crippen molar-refractivity contribution in [2.45, 2.75) is 63.0 Å². The van der Waals surface area contributed by atoms with Gasteiger partial charge in [-0.3, -0.25) is 19.3 Å². The predicted octanol–water partition coefficient (Wildman–Crippen LogP) is 7.37. The van der Waals surface area contributed by atoms with Gasteiger partial charge in [0, 0.05) is 55.1 Å². The van der Waals surface area contributed by atoms with E-state index in [-0.39, 0.29) is 34.8 Å². The maximum absolute atomic E-state index is 14.9. The molecule has 6 rings (SSSR count). The van der Waals surface area contributed by atoms with E-state index >= 15 is 0 Å². The van der Waals surface area contributed by atoms with Gasteiger partial charge >= 0.3 is 0 Å². The molecule has 1 atom stereocenters. The molecule has 1 aliphatic heterocycles. The zero-order valence-corrected chi connectivity index (χ0v) is 23.8. The number of fused-ring (bicyclic) bond motifs is 2. The van der Waals surface area contributed by atoms with E-state index in [9.17, 15) is 44.7 Å². The summed E-state index contributed by atoms with van der Waals surface area (Å²) in [7, 11) is 0. The lowest BCUT2D eigenvalue weighted by molar-refractivity contribution is -0.121. The van der Waals surface area contributed by atoms with Crippen LogP contribution in [0, 0.1) is 11.6 Å². The third-order valence-electron chi connectivity index (χ3n) is 8.18. The number of pyridine rings is 1. The van der Waals surface area contributed by atoms with Crippen LogP contribution < -0.4 is 5.32 Å². The molecule has 2 aromatic carbocycles. The van der Waals surface area contributed by atoms with Gasteiger partial charge in [0.1, 0.15) is 29.6 Å². The second kappa shape index (κ2) is 11.6. The Morgan fingerprint density at radius 3 is 2.37 bits per heavy atom. The van der Waals surface area contributed by atoms with Crippen molar-refractivity contribution in [1.82, 2.24) is 20.1 Å².